The topological polar surface area (TPSA) is 199 Å². The number of benzene rings is 1. The SMILES string of the molecule is CCN(CC)c1ccc2c(COC(=O)NOCC(=O)ON3C(=O)CC(S(=O)(=O)O)C3=O)cc(=O)oc2c1. The van der Waals surface area contributed by atoms with Crippen LogP contribution in [0.25, 0.3) is 11.0 Å². The number of imide groups is 1. The largest absolute Gasteiger partial charge is 0.443 e. The maximum Gasteiger partial charge on any atom is 0.431 e. The lowest BCUT2D eigenvalue weighted by molar-refractivity contribution is -0.201. The fourth-order valence-electron chi connectivity index (χ4n) is 3.49. The van der Waals surface area contributed by atoms with Crippen LogP contribution in [0.2, 0.25) is 0 Å². The van der Waals surface area contributed by atoms with Gasteiger partial charge in [-0.05, 0) is 26.0 Å². The molecular formula is C21H23N3O12S. The van der Waals surface area contributed by atoms with Crippen LogP contribution in [0.3, 0.4) is 0 Å². The van der Waals surface area contributed by atoms with Crippen molar-refractivity contribution >= 4 is 50.7 Å². The first-order chi connectivity index (χ1) is 17.4. The number of nitrogens with zero attached hydrogens (tertiary/aromatic N) is 2. The molecule has 0 bridgehead atoms. The summed E-state index contributed by atoms with van der Waals surface area (Å²) in [7, 11) is -4.87. The van der Waals surface area contributed by atoms with Crippen molar-refractivity contribution in [3.05, 3.63) is 40.2 Å². The molecule has 1 aromatic heterocycles. The zero-order chi connectivity index (χ0) is 27.3. The molecule has 15 nitrogen and oxygen atoms in total. The Bertz CT molecular complexity index is 1380. The van der Waals surface area contributed by atoms with Crippen LogP contribution in [0.4, 0.5) is 10.5 Å². The molecule has 16 heteroatoms. The van der Waals surface area contributed by atoms with Gasteiger partial charge in [-0.25, -0.2) is 14.4 Å². The molecule has 1 aliphatic rings. The molecule has 200 valence electrons. The standard InChI is InChI=1S/C21H23N3O12S/c1-3-23(4-2)13-5-6-14-12(7-18(26)35-15(14)8-13)10-33-21(29)22-34-11-19(27)36-24-17(25)9-16(20(24)28)37(30,31)32/h5-8,16H,3-4,9-11H2,1-2H3,(H,22,29)(H,30,31,32). The van der Waals surface area contributed by atoms with Gasteiger partial charge in [-0.2, -0.15) is 13.9 Å². The van der Waals surface area contributed by atoms with E-state index in [1.54, 1.807) is 17.6 Å². The Kier molecular flexibility index (Phi) is 8.46. The molecule has 0 saturated carbocycles. The average molecular weight is 541 g/mol. The van der Waals surface area contributed by atoms with E-state index in [0.29, 0.717) is 16.5 Å². The Hall–Kier alpha value is -4.02. The molecule has 1 unspecified atom stereocenters. The van der Waals surface area contributed by atoms with Crippen LogP contribution in [-0.2, 0) is 45.5 Å². The van der Waals surface area contributed by atoms with E-state index in [2.05, 4.69) is 14.6 Å². The first-order valence-electron chi connectivity index (χ1n) is 10.8. The van der Waals surface area contributed by atoms with Crippen LogP contribution in [0.5, 0.6) is 0 Å². The quantitative estimate of drug-likeness (QED) is 0.180. The fourth-order valence-corrected chi connectivity index (χ4v) is 4.19. The zero-order valence-corrected chi connectivity index (χ0v) is 20.5. The summed E-state index contributed by atoms with van der Waals surface area (Å²) in [6, 6.07) is 6.43. The second-order valence-electron chi connectivity index (χ2n) is 7.61. The highest BCUT2D eigenvalue weighted by Gasteiger charge is 2.48. The Labute approximate surface area is 209 Å². The van der Waals surface area contributed by atoms with E-state index in [4.69, 9.17) is 13.7 Å². The van der Waals surface area contributed by atoms with Crippen LogP contribution in [-0.4, -0.2) is 66.9 Å². The summed E-state index contributed by atoms with van der Waals surface area (Å²) in [4.78, 5) is 70.2. The fraction of sp³-hybridized carbons (Fsp3) is 0.381. The third-order valence-electron chi connectivity index (χ3n) is 5.26. The van der Waals surface area contributed by atoms with E-state index in [-0.39, 0.29) is 11.7 Å². The molecule has 3 rings (SSSR count). The van der Waals surface area contributed by atoms with Gasteiger partial charge in [-0.1, -0.05) is 0 Å². The Balaban J connectivity index is 1.52. The average Bonchev–Trinajstić information content (AvgIpc) is 3.11. The number of carbonyl (C=O) groups excluding carboxylic acids is 4. The van der Waals surface area contributed by atoms with Crippen LogP contribution in [0.15, 0.2) is 33.5 Å². The molecule has 1 saturated heterocycles. The lowest BCUT2D eigenvalue weighted by atomic mass is 10.1. The summed E-state index contributed by atoms with van der Waals surface area (Å²) < 4.78 is 41.4. The highest BCUT2D eigenvalue weighted by molar-refractivity contribution is 7.87. The van der Waals surface area contributed by atoms with Gasteiger partial charge in [0.15, 0.2) is 11.9 Å². The Morgan fingerprint density at radius 2 is 1.89 bits per heavy atom. The molecule has 1 fully saturated rings. The van der Waals surface area contributed by atoms with Crippen molar-refractivity contribution in [1.29, 1.82) is 0 Å². The van der Waals surface area contributed by atoms with Gasteiger partial charge in [0.05, 0.1) is 6.42 Å². The maximum absolute atomic E-state index is 12.0. The van der Waals surface area contributed by atoms with Gasteiger partial charge in [0.2, 0.25) is 0 Å². The second kappa shape index (κ2) is 11.4. The summed E-state index contributed by atoms with van der Waals surface area (Å²) in [6.45, 7) is 4.13. The lowest BCUT2D eigenvalue weighted by Crippen LogP contribution is -2.38. The van der Waals surface area contributed by atoms with Gasteiger partial charge in [0.1, 0.15) is 12.2 Å². The van der Waals surface area contributed by atoms with E-state index >= 15 is 0 Å². The number of anilines is 1. The smallest absolute Gasteiger partial charge is 0.431 e. The van der Waals surface area contributed by atoms with Crippen molar-refractivity contribution in [3.63, 3.8) is 0 Å². The number of nitrogens with one attached hydrogen (secondary N) is 1. The molecule has 1 atom stereocenters. The van der Waals surface area contributed by atoms with E-state index in [1.807, 2.05) is 19.9 Å². The summed E-state index contributed by atoms with van der Waals surface area (Å²) in [5, 5.41) is -1.65. The number of carbonyl (C=O) groups is 4. The molecular weight excluding hydrogens is 518 g/mol. The van der Waals surface area contributed by atoms with Crippen LogP contribution in [0.1, 0.15) is 25.8 Å². The number of amides is 3. The maximum atomic E-state index is 12.0. The van der Waals surface area contributed by atoms with Gasteiger partial charge in [-0.3, -0.25) is 19.0 Å². The van der Waals surface area contributed by atoms with Gasteiger partial charge in [0, 0.05) is 41.9 Å². The predicted octanol–water partition coefficient (Wildman–Crippen LogP) is 0.271. The first kappa shape index (κ1) is 27.6. The molecule has 1 aromatic carbocycles. The first-order valence-corrected chi connectivity index (χ1v) is 12.3. The molecule has 2 heterocycles. The normalized spacial score (nSPS) is 15.6. The van der Waals surface area contributed by atoms with Gasteiger partial charge >= 0.3 is 17.7 Å². The predicted molar refractivity (Wildman–Crippen MR) is 123 cm³/mol. The summed E-state index contributed by atoms with van der Waals surface area (Å²) in [5.74, 6) is -3.96. The van der Waals surface area contributed by atoms with Gasteiger partial charge < -0.3 is 18.9 Å². The molecule has 0 aliphatic carbocycles. The van der Waals surface area contributed by atoms with Crippen LogP contribution < -0.4 is 16.0 Å². The highest BCUT2D eigenvalue weighted by Crippen LogP contribution is 2.24. The van der Waals surface area contributed by atoms with Crippen molar-refractivity contribution in [2.24, 2.45) is 0 Å². The van der Waals surface area contributed by atoms with Gasteiger partial charge in [-0.15, -0.1) is 5.06 Å². The molecule has 2 N–H and O–H groups in total. The second-order valence-corrected chi connectivity index (χ2v) is 9.21. The van der Waals surface area contributed by atoms with Crippen LogP contribution >= 0.6 is 0 Å². The van der Waals surface area contributed by atoms with E-state index < -0.39 is 57.9 Å². The number of ether oxygens (including phenoxy) is 1. The molecule has 37 heavy (non-hydrogen) atoms. The van der Waals surface area contributed by atoms with Gasteiger partial charge in [0.25, 0.3) is 21.9 Å². The molecule has 0 radical (unpaired) electrons. The number of hydrogen-bond acceptors (Lipinski definition) is 12. The minimum Gasteiger partial charge on any atom is -0.443 e. The third-order valence-corrected chi connectivity index (χ3v) is 6.35. The van der Waals surface area contributed by atoms with Crippen molar-refractivity contribution < 1.29 is 51.0 Å². The number of hydrogen-bond donors (Lipinski definition) is 2. The highest BCUT2D eigenvalue weighted by atomic mass is 32.2. The van der Waals surface area contributed by atoms with Crippen LogP contribution in [0, 0.1) is 0 Å². The monoisotopic (exact) mass is 541 g/mol. The summed E-state index contributed by atoms with van der Waals surface area (Å²) in [5.41, 5.74) is 2.63. The number of hydroxylamine groups is 3. The zero-order valence-electron chi connectivity index (χ0n) is 19.7. The van der Waals surface area contributed by atoms with Crippen molar-refractivity contribution in [3.8, 4) is 0 Å². The van der Waals surface area contributed by atoms with Crippen molar-refractivity contribution in [1.82, 2.24) is 10.5 Å². The van der Waals surface area contributed by atoms with E-state index in [9.17, 15) is 32.4 Å². The number of rotatable bonds is 10. The Morgan fingerprint density at radius 1 is 1.19 bits per heavy atom. The summed E-state index contributed by atoms with van der Waals surface area (Å²) >= 11 is 0. The van der Waals surface area contributed by atoms with E-state index in [1.165, 1.54) is 0 Å². The Morgan fingerprint density at radius 3 is 2.51 bits per heavy atom. The minimum atomic E-state index is -4.87. The van der Waals surface area contributed by atoms with Crippen molar-refractivity contribution in [2.75, 3.05) is 24.6 Å². The van der Waals surface area contributed by atoms with Crippen molar-refractivity contribution in [2.45, 2.75) is 32.1 Å². The molecule has 1 aliphatic heterocycles. The summed E-state index contributed by atoms with van der Waals surface area (Å²) in [6.07, 6.45) is -2.05. The lowest BCUT2D eigenvalue weighted by Gasteiger charge is -2.21. The third kappa shape index (κ3) is 6.60. The van der Waals surface area contributed by atoms with E-state index in [0.717, 1.165) is 24.8 Å². The number of fused-ring (bicyclic) bond motifs is 1. The molecule has 2 aromatic rings. The molecule has 0 spiro atoms. The molecule has 3 amide bonds. The minimum absolute atomic E-state index is 0.111.